The molecule has 0 saturated carbocycles. The maximum Gasteiger partial charge on any atom is 0.115 e. The number of phenolic OH excluding ortho intramolecular Hbond substituents is 1. The number of hydrogen-bond donors (Lipinski definition) is 3. The lowest BCUT2D eigenvalue weighted by Crippen LogP contribution is -2.45. The maximum absolute atomic E-state index is 9.06. The second-order valence-electron chi connectivity index (χ2n) is 3.70. The highest BCUT2D eigenvalue weighted by Gasteiger charge is 2.16. The first-order valence-corrected chi connectivity index (χ1v) is 4.30. The number of benzene rings is 1. The molecule has 1 aromatic rings. The summed E-state index contributed by atoms with van der Waals surface area (Å²) in [5, 5.41) is 9.06. The predicted octanol–water partition coefficient (Wildman–Crippen LogP) is 0.611. The van der Waals surface area contributed by atoms with Crippen molar-refractivity contribution in [1.82, 2.24) is 0 Å². The van der Waals surface area contributed by atoms with Crippen molar-refractivity contribution in [2.75, 3.05) is 6.54 Å². The number of nitrogens with two attached hydrogens (primary N) is 2. The molecule has 0 spiro atoms. The third kappa shape index (κ3) is 3.05. The highest BCUT2D eigenvalue weighted by molar-refractivity contribution is 5.27. The van der Waals surface area contributed by atoms with Crippen LogP contribution in [0.1, 0.15) is 12.5 Å². The molecule has 0 heterocycles. The molecule has 0 radical (unpaired) electrons. The van der Waals surface area contributed by atoms with E-state index in [0.29, 0.717) is 6.54 Å². The highest BCUT2D eigenvalue weighted by atomic mass is 16.3. The van der Waals surface area contributed by atoms with Crippen molar-refractivity contribution >= 4 is 0 Å². The lowest BCUT2D eigenvalue weighted by molar-refractivity contribution is 0.469. The van der Waals surface area contributed by atoms with E-state index in [4.69, 9.17) is 16.6 Å². The lowest BCUT2D eigenvalue weighted by Gasteiger charge is -2.22. The van der Waals surface area contributed by atoms with Crippen molar-refractivity contribution in [3.05, 3.63) is 29.8 Å². The average molecular weight is 180 g/mol. The van der Waals surface area contributed by atoms with E-state index in [9.17, 15) is 0 Å². The van der Waals surface area contributed by atoms with Crippen LogP contribution in [0.3, 0.4) is 0 Å². The molecule has 0 fully saturated rings. The first-order chi connectivity index (χ1) is 6.03. The fourth-order valence-electron chi connectivity index (χ4n) is 1.15. The quantitative estimate of drug-likeness (QED) is 0.638. The monoisotopic (exact) mass is 180 g/mol. The third-order valence-corrected chi connectivity index (χ3v) is 2.01. The number of phenols is 1. The summed E-state index contributed by atoms with van der Waals surface area (Å²) in [5.74, 6) is 0.273. The Morgan fingerprint density at radius 2 is 1.85 bits per heavy atom. The molecule has 3 nitrogen and oxygen atoms in total. The van der Waals surface area contributed by atoms with E-state index in [2.05, 4.69) is 0 Å². The van der Waals surface area contributed by atoms with Crippen LogP contribution < -0.4 is 11.5 Å². The van der Waals surface area contributed by atoms with E-state index in [1.807, 2.05) is 19.1 Å². The van der Waals surface area contributed by atoms with Crippen LogP contribution in [-0.4, -0.2) is 17.2 Å². The zero-order valence-corrected chi connectivity index (χ0v) is 7.83. The van der Waals surface area contributed by atoms with Crippen molar-refractivity contribution in [1.29, 1.82) is 0 Å². The molecule has 0 aliphatic heterocycles. The van der Waals surface area contributed by atoms with Crippen LogP contribution in [0.15, 0.2) is 24.3 Å². The Labute approximate surface area is 78.4 Å². The summed E-state index contributed by atoms with van der Waals surface area (Å²) in [7, 11) is 0. The van der Waals surface area contributed by atoms with Gasteiger partial charge in [0.25, 0.3) is 0 Å². The van der Waals surface area contributed by atoms with E-state index in [1.165, 1.54) is 0 Å². The zero-order chi connectivity index (χ0) is 9.90. The lowest BCUT2D eigenvalue weighted by atomic mass is 9.94. The average Bonchev–Trinajstić information content (AvgIpc) is 2.09. The van der Waals surface area contributed by atoms with Crippen LogP contribution in [0, 0.1) is 0 Å². The molecule has 0 aromatic heterocycles. The number of aromatic hydroxyl groups is 1. The number of hydrogen-bond acceptors (Lipinski definition) is 3. The third-order valence-electron chi connectivity index (χ3n) is 2.01. The molecule has 1 unspecified atom stereocenters. The molecule has 0 bridgehead atoms. The Hall–Kier alpha value is -1.06. The van der Waals surface area contributed by atoms with E-state index in [0.717, 1.165) is 12.0 Å². The van der Waals surface area contributed by atoms with Gasteiger partial charge in [0.05, 0.1) is 0 Å². The minimum Gasteiger partial charge on any atom is -0.508 e. The van der Waals surface area contributed by atoms with Crippen molar-refractivity contribution in [3.63, 3.8) is 0 Å². The van der Waals surface area contributed by atoms with Crippen LogP contribution >= 0.6 is 0 Å². The van der Waals surface area contributed by atoms with Crippen LogP contribution in [-0.2, 0) is 6.42 Å². The Balaban J connectivity index is 2.69. The molecular formula is C10H16N2O. The summed E-state index contributed by atoms with van der Waals surface area (Å²) in [6, 6.07) is 7.02. The Morgan fingerprint density at radius 1 is 1.31 bits per heavy atom. The van der Waals surface area contributed by atoms with Gasteiger partial charge in [0, 0.05) is 12.1 Å². The first kappa shape index (κ1) is 10.0. The molecule has 1 atom stereocenters. The van der Waals surface area contributed by atoms with Gasteiger partial charge in [0.2, 0.25) is 0 Å². The van der Waals surface area contributed by atoms with Crippen LogP contribution in [0.2, 0.25) is 0 Å². The topological polar surface area (TPSA) is 72.3 Å². The summed E-state index contributed by atoms with van der Waals surface area (Å²) < 4.78 is 0. The first-order valence-electron chi connectivity index (χ1n) is 4.30. The minimum atomic E-state index is -0.364. The summed E-state index contributed by atoms with van der Waals surface area (Å²) in [6.07, 6.45) is 0.726. The van der Waals surface area contributed by atoms with Gasteiger partial charge in [0.15, 0.2) is 0 Å². The fourth-order valence-corrected chi connectivity index (χ4v) is 1.15. The molecule has 5 N–H and O–H groups in total. The Bertz CT molecular complexity index is 267. The normalized spacial score (nSPS) is 15.3. The highest BCUT2D eigenvalue weighted by Crippen LogP contribution is 2.13. The molecule has 3 heteroatoms. The predicted molar refractivity (Wildman–Crippen MR) is 53.5 cm³/mol. The Kier molecular flexibility index (Phi) is 2.90. The molecule has 0 amide bonds. The molecule has 72 valence electrons. The van der Waals surface area contributed by atoms with Crippen LogP contribution in [0.25, 0.3) is 0 Å². The maximum atomic E-state index is 9.06. The van der Waals surface area contributed by atoms with Gasteiger partial charge < -0.3 is 16.6 Å². The van der Waals surface area contributed by atoms with Gasteiger partial charge in [-0.3, -0.25) is 0 Å². The Morgan fingerprint density at radius 3 is 2.31 bits per heavy atom. The molecule has 0 aliphatic carbocycles. The van der Waals surface area contributed by atoms with Crippen LogP contribution in [0.4, 0.5) is 0 Å². The van der Waals surface area contributed by atoms with Gasteiger partial charge in [-0.2, -0.15) is 0 Å². The van der Waals surface area contributed by atoms with Gasteiger partial charge in [0.1, 0.15) is 5.75 Å². The van der Waals surface area contributed by atoms with Gasteiger partial charge in [-0.25, -0.2) is 0 Å². The fraction of sp³-hybridized carbons (Fsp3) is 0.400. The number of rotatable bonds is 3. The summed E-state index contributed by atoms with van der Waals surface area (Å²) in [4.78, 5) is 0. The van der Waals surface area contributed by atoms with Crippen molar-refractivity contribution in [3.8, 4) is 5.75 Å². The molecule has 1 rings (SSSR count). The van der Waals surface area contributed by atoms with E-state index >= 15 is 0 Å². The van der Waals surface area contributed by atoms with Crippen molar-refractivity contribution < 1.29 is 5.11 Å². The standard InChI is InChI=1S/C10H16N2O/c1-10(12,7-11)6-8-2-4-9(13)5-3-8/h2-5,13H,6-7,11-12H2,1H3. The molecule has 0 saturated heterocycles. The second-order valence-corrected chi connectivity index (χ2v) is 3.70. The van der Waals surface area contributed by atoms with Gasteiger partial charge in [-0.15, -0.1) is 0 Å². The van der Waals surface area contributed by atoms with Gasteiger partial charge in [-0.05, 0) is 31.0 Å². The minimum absolute atomic E-state index is 0.273. The zero-order valence-electron chi connectivity index (χ0n) is 7.83. The summed E-state index contributed by atoms with van der Waals surface area (Å²) >= 11 is 0. The SMILES string of the molecule is CC(N)(CN)Cc1ccc(O)cc1. The van der Waals surface area contributed by atoms with E-state index in [-0.39, 0.29) is 11.3 Å². The summed E-state index contributed by atoms with van der Waals surface area (Å²) in [6.45, 7) is 2.37. The molecule has 0 aliphatic rings. The van der Waals surface area contributed by atoms with E-state index in [1.54, 1.807) is 12.1 Å². The van der Waals surface area contributed by atoms with Crippen molar-refractivity contribution in [2.45, 2.75) is 18.9 Å². The van der Waals surface area contributed by atoms with Gasteiger partial charge >= 0.3 is 0 Å². The summed E-state index contributed by atoms with van der Waals surface area (Å²) in [5.41, 5.74) is 12.1. The molecule has 1 aromatic carbocycles. The van der Waals surface area contributed by atoms with E-state index < -0.39 is 0 Å². The second kappa shape index (κ2) is 3.77. The largest absolute Gasteiger partial charge is 0.508 e. The van der Waals surface area contributed by atoms with Crippen LogP contribution in [0.5, 0.6) is 5.75 Å². The molecular weight excluding hydrogens is 164 g/mol. The van der Waals surface area contributed by atoms with Crippen molar-refractivity contribution in [2.24, 2.45) is 11.5 Å². The van der Waals surface area contributed by atoms with Gasteiger partial charge in [-0.1, -0.05) is 12.1 Å². The smallest absolute Gasteiger partial charge is 0.115 e. The molecule has 13 heavy (non-hydrogen) atoms.